The molecule has 0 aliphatic rings. The summed E-state index contributed by atoms with van der Waals surface area (Å²) in [5.74, 6) is 0.512. The van der Waals surface area contributed by atoms with Crippen molar-refractivity contribution in [3.8, 4) is 0 Å². The molecule has 0 unspecified atom stereocenters. The largest absolute Gasteiger partial charge is 0.481 e. The second-order valence-electron chi connectivity index (χ2n) is 17.2. The number of carbonyl (C=O) groups is 4. The third kappa shape index (κ3) is 19.1. The van der Waals surface area contributed by atoms with E-state index in [1.54, 1.807) is 0 Å². The number of halogens is 2. The van der Waals surface area contributed by atoms with E-state index in [4.69, 9.17) is 34.0 Å². The minimum absolute atomic E-state index is 0.0473. The second-order valence-corrected chi connectivity index (χ2v) is 18.0. The van der Waals surface area contributed by atoms with Gasteiger partial charge in [-0.05, 0) is 111 Å². The molecular weight excluding hydrogens is 832 g/mol. The van der Waals surface area contributed by atoms with E-state index < -0.39 is 5.97 Å². The van der Waals surface area contributed by atoms with Gasteiger partial charge in [-0.3, -0.25) is 19.2 Å². The summed E-state index contributed by atoms with van der Waals surface area (Å²) in [7, 11) is 8.03. The summed E-state index contributed by atoms with van der Waals surface area (Å²) >= 11 is 12.5. The first-order valence-electron chi connectivity index (χ1n) is 22.1. The van der Waals surface area contributed by atoms with E-state index in [1.807, 2.05) is 127 Å². The van der Waals surface area contributed by atoms with E-state index in [1.165, 1.54) is 5.56 Å². The molecule has 0 spiro atoms. The van der Waals surface area contributed by atoms with E-state index in [-0.39, 0.29) is 47.8 Å². The van der Waals surface area contributed by atoms with Crippen LogP contribution in [0.1, 0.15) is 122 Å². The number of aliphatic carboxylic acids is 1. The highest BCUT2D eigenvalue weighted by Gasteiger charge is 2.22. The Morgan fingerprint density at radius 1 is 0.619 bits per heavy atom. The number of nitrogens with two attached hydrogens (primary N) is 1. The van der Waals surface area contributed by atoms with E-state index >= 15 is 0 Å². The summed E-state index contributed by atoms with van der Waals surface area (Å²) in [6.07, 6.45) is 3.17. The van der Waals surface area contributed by atoms with Crippen LogP contribution in [-0.4, -0.2) is 91.7 Å². The number of amides is 1. The Bertz CT molecular complexity index is 2010. The number of benzene rings is 4. The highest BCUT2D eigenvalue weighted by Crippen LogP contribution is 2.29. The fourth-order valence-electron chi connectivity index (χ4n) is 7.23. The van der Waals surface area contributed by atoms with Crippen molar-refractivity contribution >= 4 is 46.6 Å². The molecule has 344 valence electrons. The predicted molar refractivity (Wildman–Crippen MR) is 261 cm³/mol. The lowest BCUT2D eigenvalue weighted by Gasteiger charge is -2.26. The smallest absolute Gasteiger partial charge is 0.303 e. The predicted octanol–water partition coefficient (Wildman–Crippen LogP) is 10.6. The van der Waals surface area contributed by atoms with Crippen LogP contribution in [-0.2, 0) is 22.4 Å². The molecule has 0 aromatic heterocycles. The second kappa shape index (κ2) is 28.4. The van der Waals surface area contributed by atoms with Crippen molar-refractivity contribution in [1.29, 1.82) is 0 Å². The molecule has 0 radical (unpaired) electrons. The van der Waals surface area contributed by atoms with Crippen molar-refractivity contribution < 1.29 is 24.3 Å². The molecule has 4 atom stereocenters. The summed E-state index contributed by atoms with van der Waals surface area (Å²) in [6.45, 7) is 13.2. The maximum absolute atomic E-state index is 12.7. The summed E-state index contributed by atoms with van der Waals surface area (Å²) in [5.41, 5.74) is 11.4. The van der Waals surface area contributed by atoms with Crippen LogP contribution in [0.5, 0.6) is 0 Å². The summed E-state index contributed by atoms with van der Waals surface area (Å²) < 4.78 is 0. The maximum atomic E-state index is 12.7. The number of ketones is 2. The van der Waals surface area contributed by atoms with E-state index in [0.29, 0.717) is 65.4 Å². The molecule has 9 nitrogen and oxygen atoms in total. The van der Waals surface area contributed by atoms with Crippen LogP contribution in [0.4, 0.5) is 0 Å². The Morgan fingerprint density at radius 2 is 1.02 bits per heavy atom. The number of likely N-dealkylation sites (N-methyl/N-ethyl adjacent to an activating group) is 2. The molecule has 0 heterocycles. The number of hydrogen-bond donors (Lipinski definition) is 3. The zero-order chi connectivity index (χ0) is 47.2. The number of rotatable bonds is 21. The molecule has 4 aromatic rings. The SMILES string of the molecule is CC(C)[C@H](CC(=O)O)c1ccccc1.CCC(=O)c1ccc(C[C@@H](CN)N(C)C)cc1Cl.CCC(=O)c1ccc(C[C@@H](CNC(=O)C[C@H](c2ccccc2)C(C)C)N(C)C)cc1Cl. The molecule has 0 saturated heterocycles. The van der Waals surface area contributed by atoms with Gasteiger partial charge < -0.3 is 26.0 Å². The van der Waals surface area contributed by atoms with Crippen LogP contribution < -0.4 is 11.1 Å². The first-order valence-corrected chi connectivity index (χ1v) is 22.8. The third-order valence-electron chi connectivity index (χ3n) is 11.4. The molecule has 0 aliphatic heterocycles. The Hall–Kier alpha value is -4.38. The van der Waals surface area contributed by atoms with Crippen LogP contribution in [0, 0.1) is 11.8 Å². The molecule has 0 saturated carbocycles. The van der Waals surface area contributed by atoms with Gasteiger partial charge in [0.2, 0.25) is 5.91 Å². The Morgan fingerprint density at radius 3 is 1.35 bits per heavy atom. The summed E-state index contributed by atoms with van der Waals surface area (Å²) in [5, 5.41) is 12.9. The standard InChI is InChI=1S/C26H35ClN2O2.C14H21ClN2O.C12H16O2/c1-6-25(30)22-13-12-19(15-24(22)27)14-21(29(4)5)17-28-26(31)16-23(18(2)3)20-10-8-7-9-11-20;1-4-14(18)12-6-5-10(8-13(12)15)7-11(9-16)17(2)3;1-9(2)11(8-12(13)14)10-6-4-3-5-7-10/h7-13,15,18,21,23H,6,14,16-17H2,1-5H3,(H,28,31);5-6,8,11H,4,7,9,16H2,1-3H3;3-7,9,11H,8H2,1-2H3,(H,13,14)/t21-,23-;2*11-/m000/s1. The Kier molecular flexibility index (Phi) is 24.7. The van der Waals surface area contributed by atoms with Crippen LogP contribution in [0.25, 0.3) is 0 Å². The van der Waals surface area contributed by atoms with Crippen molar-refractivity contribution in [2.75, 3.05) is 41.3 Å². The molecule has 0 aliphatic carbocycles. The molecule has 1 amide bonds. The first-order chi connectivity index (χ1) is 29.8. The average molecular weight is 904 g/mol. The van der Waals surface area contributed by atoms with Gasteiger partial charge in [-0.25, -0.2) is 0 Å². The van der Waals surface area contributed by atoms with Gasteiger partial charge in [0, 0.05) is 55.6 Å². The molecule has 0 fully saturated rings. The van der Waals surface area contributed by atoms with Gasteiger partial charge in [0.05, 0.1) is 16.5 Å². The van der Waals surface area contributed by atoms with Crippen LogP contribution in [0.3, 0.4) is 0 Å². The van der Waals surface area contributed by atoms with E-state index in [2.05, 4.69) is 54.9 Å². The Balaban J connectivity index is 0.000000360. The monoisotopic (exact) mass is 902 g/mol. The van der Waals surface area contributed by atoms with Crippen LogP contribution in [0.15, 0.2) is 97.1 Å². The number of hydrogen-bond acceptors (Lipinski definition) is 7. The van der Waals surface area contributed by atoms with E-state index in [9.17, 15) is 19.2 Å². The third-order valence-corrected chi connectivity index (χ3v) is 12.0. The van der Waals surface area contributed by atoms with Gasteiger partial charge in [-0.2, -0.15) is 0 Å². The van der Waals surface area contributed by atoms with Gasteiger partial charge in [0.1, 0.15) is 0 Å². The zero-order valence-electron chi connectivity index (χ0n) is 39.2. The lowest BCUT2D eigenvalue weighted by Crippen LogP contribution is -2.42. The molecule has 63 heavy (non-hydrogen) atoms. The summed E-state index contributed by atoms with van der Waals surface area (Å²) in [6, 6.07) is 31.8. The lowest BCUT2D eigenvalue weighted by molar-refractivity contribution is -0.137. The fraction of sp³-hybridized carbons (Fsp3) is 0.462. The zero-order valence-corrected chi connectivity index (χ0v) is 40.7. The Labute approximate surface area is 387 Å². The molecule has 4 rings (SSSR count). The maximum Gasteiger partial charge on any atom is 0.303 e. The van der Waals surface area contributed by atoms with Gasteiger partial charge in [0.15, 0.2) is 11.6 Å². The van der Waals surface area contributed by atoms with Gasteiger partial charge in [0.25, 0.3) is 0 Å². The molecule has 4 aromatic carbocycles. The number of carboxylic acids is 1. The van der Waals surface area contributed by atoms with Crippen molar-refractivity contribution in [2.24, 2.45) is 17.6 Å². The van der Waals surface area contributed by atoms with E-state index in [0.717, 1.165) is 29.5 Å². The number of nitrogens with one attached hydrogen (secondary N) is 1. The number of carbonyl (C=O) groups excluding carboxylic acids is 3. The quantitative estimate of drug-likeness (QED) is 0.0704. The van der Waals surface area contributed by atoms with Crippen LogP contribution in [0.2, 0.25) is 10.0 Å². The molecular formula is C52H72Cl2N4O5. The topological polar surface area (TPSA) is 133 Å². The van der Waals surface area contributed by atoms with Crippen LogP contribution >= 0.6 is 23.2 Å². The van der Waals surface area contributed by atoms with Gasteiger partial charge in [-0.1, -0.05) is 138 Å². The minimum atomic E-state index is -0.729. The van der Waals surface area contributed by atoms with Gasteiger partial charge in [-0.15, -0.1) is 0 Å². The molecule has 0 bridgehead atoms. The number of nitrogens with zero attached hydrogens (tertiary/aromatic N) is 2. The van der Waals surface area contributed by atoms with Gasteiger partial charge >= 0.3 is 5.97 Å². The average Bonchev–Trinajstić information content (AvgIpc) is 3.25. The molecule has 4 N–H and O–H groups in total. The van der Waals surface area contributed by atoms with Crippen molar-refractivity contribution in [2.45, 2.75) is 104 Å². The number of carboxylic acid groups (broad SMARTS) is 1. The first kappa shape index (κ1) is 54.8. The normalized spacial score (nSPS) is 13.0. The number of Topliss-reactive ketones (excluding diaryl/α,β-unsaturated/α-hetero) is 2. The lowest BCUT2D eigenvalue weighted by atomic mass is 9.85. The highest BCUT2D eigenvalue weighted by molar-refractivity contribution is 6.34. The van der Waals surface area contributed by atoms with Crippen molar-refractivity contribution in [1.82, 2.24) is 15.1 Å². The fourth-order valence-corrected chi connectivity index (χ4v) is 7.85. The highest BCUT2D eigenvalue weighted by atomic mass is 35.5. The summed E-state index contributed by atoms with van der Waals surface area (Å²) in [4.78, 5) is 51.2. The van der Waals surface area contributed by atoms with Crippen molar-refractivity contribution in [3.05, 3.63) is 140 Å². The molecule has 11 heteroatoms. The minimum Gasteiger partial charge on any atom is -0.481 e. The van der Waals surface area contributed by atoms with Crippen molar-refractivity contribution in [3.63, 3.8) is 0 Å².